The van der Waals surface area contributed by atoms with E-state index in [1.807, 2.05) is 0 Å². The van der Waals surface area contributed by atoms with Gasteiger partial charge in [-0.3, -0.25) is 0 Å². The molecule has 0 aliphatic rings. The van der Waals surface area contributed by atoms with E-state index < -0.39 is 0 Å². The van der Waals surface area contributed by atoms with Gasteiger partial charge in [-0.15, -0.1) is 6.58 Å². The molecule has 0 aliphatic heterocycles. The SMILES string of the molecule is C=C(C)CCc1cccc2c1c1c(C(=C)N)cccc1n2Cc1ccccc1. The fraction of sp³-hybridized carbons (Fsp3) is 0.154. The second kappa shape index (κ2) is 7.40. The monoisotopic (exact) mass is 366 g/mol. The first-order valence-corrected chi connectivity index (χ1v) is 9.72. The molecule has 0 fully saturated rings. The topological polar surface area (TPSA) is 30.9 Å². The lowest BCUT2D eigenvalue weighted by Crippen LogP contribution is -1.99. The number of aryl methyl sites for hydroxylation is 1. The Kier molecular flexibility index (Phi) is 4.79. The minimum atomic E-state index is 0.610. The first-order valence-electron chi connectivity index (χ1n) is 9.72. The molecule has 2 heteroatoms. The van der Waals surface area contributed by atoms with Crippen LogP contribution in [0.4, 0.5) is 0 Å². The Bertz CT molecular complexity index is 1180. The average Bonchev–Trinajstić information content (AvgIpc) is 3.01. The molecular weight excluding hydrogens is 340 g/mol. The van der Waals surface area contributed by atoms with E-state index in [0.717, 1.165) is 24.9 Å². The van der Waals surface area contributed by atoms with Gasteiger partial charge in [-0.2, -0.15) is 0 Å². The van der Waals surface area contributed by atoms with Crippen molar-refractivity contribution in [3.05, 3.63) is 102 Å². The van der Waals surface area contributed by atoms with E-state index in [9.17, 15) is 0 Å². The Morgan fingerprint density at radius 3 is 2.21 bits per heavy atom. The minimum absolute atomic E-state index is 0.610. The van der Waals surface area contributed by atoms with Gasteiger partial charge < -0.3 is 10.3 Å². The van der Waals surface area contributed by atoms with Crippen LogP contribution < -0.4 is 5.73 Å². The summed E-state index contributed by atoms with van der Waals surface area (Å²) in [7, 11) is 0. The van der Waals surface area contributed by atoms with Crippen LogP contribution in [0.3, 0.4) is 0 Å². The van der Waals surface area contributed by atoms with Gasteiger partial charge >= 0.3 is 0 Å². The molecular formula is C26H26N2. The van der Waals surface area contributed by atoms with Crippen LogP contribution in [0.1, 0.15) is 30.0 Å². The zero-order chi connectivity index (χ0) is 19.7. The predicted octanol–water partition coefficient (Wildman–Crippen LogP) is 6.28. The van der Waals surface area contributed by atoms with E-state index >= 15 is 0 Å². The molecule has 0 radical (unpaired) electrons. The number of benzene rings is 3. The summed E-state index contributed by atoms with van der Waals surface area (Å²) in [5, 5.41) is 2.50. The van der Waals surface area contributed by atoms with E-state index in [2.05, 4.69) is 91.4 Å². The lowest BCUT2D eigenvalue weighted by molar-refractivity contribution is 0.868. The summed E-state index contributed by atoms with van der Waals surface area (Å²) >= 11 is 0. The van der Waals surface area contributed by atoms with Crippen molar-refractivity contribution in [2.24, 2.45) is 5.73 Å². The van der Waals surface area contributed by atoms with Crippen molar-refractivity contribution < 1.29 is 0 Å². The molecule has 0 saturated carbocycles. The van der Waals surface area contributed by atoms with Crippen molar-refractivity contribution in [2.75, 3.05) is 0 Å². The highest BCUT2D eigenvalue weighted by atomic mass is 15.0. The maximum atomic E-state index is 6.19. The fourth-order valence-corrected chi connectivity index (χ4v) is 4.02. The van der Waals surface area contributed by atoms with Gasteiger partial charge in [0.1, 0.15) is 0 Å². The Labute approximate surface area is 166 Å². The summed E-state index contributed by atoms with van der Waals surface area (Å²) in [6, 6.07) is 23.5. The van der Waals surface area contributed by atoms with Crippen molar-refractivity contribution >= 4 is 27.5 Å². The van der Waals surface area contributed by atoms with Crippen LogP contribution in [0.15, 0.2) is 85.5 Å². The van der Waals surface area contributed by atoms with E-state index in [1.54, 1.807) is 0 Å². The molecule has 2 N–H and O–H groups in total. The molecule has 1 aromatic heterocycles. The van der Waals surface area contributed by atoms with Gasteiger partial charge in [0.15, 0.2) is 0 Å². The standard InChI is InChI=1S/C26H26N2/c1-18(2)15-16-21-11-7-13-23-25(21)26-22(19(3)27)12-8-14-24(26)28(23)17-20-9-5-4-6-10-20/h4-14H,1,3,15-17,27H2,2H3. The zero-order valence-electron chi connectivity index (χ0n) is 16.4. The first kappa shape index (κ1) is 18.1. The summed E-state index contributed by atoms with van der Waals surface area (Å²) in [6.07, 6.45) is 1.96. The Balaban J connectivity index is 2.03. The third kappa shape index (κ3) is 3.22. The third-order valence-corrected chi connectivity index (χ3v) is 5.35. The molecule has 1 heterocycles. The highest BCUT2D eigenvalue weighted by Crippen LogP contribution is 2.36. The third-order valence-electron chi connectivity index (χ3n) is 5.35. The maximum absolute atomic E-state index is 6.19. The normalized spacial score (nSPS) is 11.2. The summed E-state index contributed by atoms with van der Waals surface area (Å²) in [6.45, 7) is 11.0. The Hall–Kier alpha value is -3.26. The fourth-order valence-electron chi connectivity index (χ4n) is 4.02. The van der Waals surface area contributed by atoms with Crippen molar-refractivity contribution in [3.8, 4) is 0 Å². The lowest BCUT2D eigenvalue weighted by Gasteiger charge is -2.09. The highest BCUT2D eigenvalue weighted by molar-refractivity contribution is 6.14. The molecule has 0 saturated heterocycles. The second-order valence-corrected chi connectivity index (χ2v) is 7.57. The molecule has 0 bridgehead atoms. The number of fused-ring (bicyclic) bond motifs is 3. The summed E-state index contributed by atoms with van der Waals surface area (Å²) in [5.41, 5.74) is 14.1. The van der Waals surface area contributed by atoms with Crippen LogP contribution in [0.5, 0.6) is 0 Å². The number of hydrogen-bond donors (Lipinski definition) is 1. The molecule has 140 valence electrons. The van der Waals surface area contributed by atoms with E-state index in [0.29, 0.717) is 5.70 Å². The lowest BCUT2D eigenvalue weighted by atomic mass is 9.97. The Morgan fingerprint density at radius 2 is 1.54 bits per heavy atom. The van der Waals surface area contributed by atoms with Crippen LogP contribution in [0.2, 0.25) is 0 Å². The largest absolute Gasteiger partial charge is 0.399 e. The number of aromatic nitrogens is 1. The molecule has 4 aromatic rings. The molecule has 3 aromatic carbocycles. The number of allylic oxidation sites excluding steroid dienone is 1. The van der Waals surface area contributed by atoms with Crippen LogP contribution in [0.25, 0.3) is 27.5 Å². The molecule has 4 rings (SSSR count). The number of nitrogens with two attached hydrogens (primary N) is 1. The smallest absolute Gasteiger partial charge is 0.0501 e. The van der Waals surface area contributed by atoms with Crippen molar-refractivity contribution in [1.29, 1.82) is 0 Å². The van der Waals surface area contributed by atoms with E-state index in [4.69, 9.17) is 5.73 Å². The van der Waals surface area contributed by atoms with Crippen LogP contribution in [-0.2, 0) is 13.0 Å². The molecule has 0 atom stereocenters. The van der Waals surface area contributed by atoms with Crippen molar-refractivity contribution in [1.82, 2.24) is 4.57 Å². The van der Waals surface area contributed by atoms with Crippen LogP contribution in [-0.4, -0.2) is 4.57 Å². The van der Waals surface area contributed by atoms with Crippen molar-refractivity contribution in [2.45, 2.75) is 26.3 Å². The molecule has 2 nitrogen and oxygen atoms in total. The van der Waals surface area contributed by atoms with Gasteiger partial charge in [-0.1, -0.05) is 66.7 Å². The highest BCUT2D eigenvalue weighted by Gasteiger charge is 2.17. The van der Waals surface area contributed by atoms with Gasteiger partial charge in [0.2, 0.25) is 0 Å². The Morgan fingerprint density at radius 1 is 0.857 bits per heavy atom. The first-order chi connectivity index (χ1) is 13.6. The molecule has 0 unspecified atom stereocenters. The van der Waals surface area contributed by atoms with Crippen LogP contribution in [0, 0.1) is 0 Å². The minimum Gasteiger partial charge on any atom is -0.399 e. The average molecular weight is 367 g/mol. The van der Waals surface area contributed by atoms with Gasteiger partial charge in [-0.25, -0.2) is 0 Å². The zero-order valence-corrected chi connectivity index (χ0v) is 16.4. The number of nitrogens with zero attached hydrogens (tertiary/aromatic N) is 1. The molecule has 0 aliphatic carbocycles. The second-order valence-electron chi connectivity index (χ2n) is 7.57. The molecule has 28 heavy (non-hydrogen) atoms. The maximum Gasteiger partial charge on any atom is 0.0501 e. The van der Waals surface area contributed by atoms with Crippen molar-refractivity contribution in [3.63, 3.8) is 0 Å². The van der Waals surface area contributed by atoms with E-state index in [1.165, 1.54) is 38.5 Å². The summed E-state index contributed by atoms with van der Waals surface area (Å²) < 4.78 is 2.40. The number of hydrogen-bond acceptors (Lipinski definition) is 1. The van der Waals surface area contributed by atoms with Gasteiger partial charge in [0.25, 0.3) is 0 Å². The number of rotatable bonds is 6. The quantitative estimate of drug-likeness (QED) is 0.400. The van der Waals surface area contributed by atoms with Gasteiger partial charge in [0, 0.05) is 34.1 Å². The van der Waals surface area contributed by atoms with Crippen LogP contribution >= 0.6 is 0 Å². The molecule has 0 amide bonds. The van der Waals surface area contributed by atoms with Gasteiger partial charge in [-0.05, 0) is 43.0 Å². The molecule has 0 spiro atoms. The summed E-state index contributed by atoms with van der Waals surface area (Å²) in [5.74, 6) is 0. The van der Waals surface area contributed by atoms with Gasteiger partial charge in [0.05, 0.1) is 5.52 Å². The van der Waals surface area contributed by atoms with E-state index in [-0.39, 0.29) is 0 Å². The predicted molar refractivity (Wildman–Crippen MR) is 121 cm³/mol. The summed E-state index contributed by atoms with van der Waals surface area (Å²) in [4.78, 5) is 0.